The summed E-state index contributed by atoms with van der Waals surface area (Å²) in [5, 5.41) is 11.0. The fourth-order valence-electron chi connectivity index (χ4n) is 4.44. The molecule has 1 saturated heterocycles. The lowest BCUT2D eigenvalue weighted by atomic mass is 10.1. The third-order valence-corrected chi connectivity index (χ3v) is 7.07. The van der Waals surface area contributed by atoms with Crippen molar-refractivity contribution >= 4 is 38.3 Å². The topological polar surface area (TPSA) is 149 Å². The Labute approximate surface area is 218 Å². The number of carbonyl (C=O) groups is 1. The number of amides is 1. The molecule has 3 aromatic heterocycles. The molecule has 0 unspecified atom stereocenters. The van der Waals surface area contributed by atoms with Crippen molar-refractivity contribution in [3.8, 4) is 22.5 Å². The van der Waals surface area contributed by atoms with Crippen LogP contribution in [0.25, 0.3) is 33.4 Å². The van der Waals surface area contributed by atoms with Gasteiger partial charge in [-0.2, -0.15) is 5.10 Å². The zero-order valence-corrected chi connectivity index (χ0v) is 21.2. The summed E-state index contributed by atoms with van der Waals surface area (Å²) in [4.78, 5) is 26.7. The molecule has 0 atom stereocenters. The Hall–Kier alpha value is -4.55. The van der Waals surface area contributed by atoms with E-state index < -0.39 is 10.0 Å². The number of hydrogen-bond donors (Lipinski definition) is 4. The molecular weight excluding hydrogens is 504 g/mol. The van der Waals surface area contributed by atoms with E-state index in [0.717, 1.165) is 39.5 Å². The summed E-state index contributed by atoms with van der Waals surface area (Å²) in [7, 11) is -3.30. The Morgan fingerprint density at radius 3 is 2.55 bits per heavy atom. The molecule has 5 aromatic rings. The van der Waals surface area contributed by atoms with E-state index in [-0.39, 0.29) is 11.9 Å². The number of nitrogens with one attached hydrogen (secondary N) is 4. The fraction of sp³-hybridized carbons (Fsp3) is 0.154. The monoisotopic (exact) mass is 528 g/mol. The van der Waals surface area contributed by atoms with Crippen LogP contribution in [-0.2, 0) is 10.0 Å². The summed E-state index contributed by atoms with van der Waals surface area (Å²) < 4.78 is 25.3. The second kappa shape index (κ2) is 9.39. The Morgan fingerprint density at radius 2 is 1.82 bits per heavy atom. The zero-order valence-electron chi connectivity index (χ0n) is 20.3. The van der Waals surface area contributed by atoms with Gasteiger partial charge in [0, 0.05) is 53.2 Å². The van der Waals surface area contributed by atoms with Gasteiger partial charge in [-0.05, 0) is 35.9 Å². The van der Waals surface area contributed by atoms with Crippen LogP contribution in [0.3, 0.4) is 0 Å². The molecule has 1 fully saturated rings. The van der Waals surface area contributed by atoms with Crippen molar-refractivity contribution in [3.05, 3.63) is 78.9 Å². The Morgan fingerprint density at radius 1 is 1.03 bits per heavy atom. The van der Waals surface area contributed by atoms with Crippen molar-refractivity contribution in [3.63, 3.8) is 0 Å². The molecule has 4 heterocycles. The molecule has 11 nitrogen and oxygen atoms in total. The van der Waals surface area contributed by atoms with Crippen LogP contribution in [0.5, 0.6) is 0 Å². The largest absolute Gasteiger partial charge is 0.351 e. The van der Waals surface area contributed by atoms with Crippen molar-refractivity contribution in [2.75, 3.05) is 24.7 Å². The highest BCUT2D eigenvalue weighted by molar-refractivity contribution is 7.88. The van der Waals surface area contributed by atoms with Crippen molar-refractivity contribution < 1.29 is 13.2 Å². The molecular formula is C26H24N8O3S. The molecule has 0 bridgehead atoms. The van der Waals surface area contributed by atoms with Gasteiger partial charge in [0.05, 0.1) is 18.5 Å². The number of H-pyrrole nitrogens is 2. The van der Waals surface area contributed by atoms with Gasteiger partial charge in [0.15, 0.2) is 5.82 Å². The fourth-order valence-corrected chi connectivity index (χ4v) is 5.20. The van der Waals surface area contributed by atoms with E-state index >= 15 is 0 Å². The second-order valence-corrected chi connectivity index (χ2v) is 11.0. The predicted molar refractivity (Wildman–Crippen MR) is 144 cm³/mol. The Bertz CT molecular complexity index is 1720. The maximum Gasteiger partial charge on any atom is 0.270 e. The standard InChI is InChI=1S/C26H24N8O3S/c1-38(36,37)33-21-14-34(15-21)26(35)23-10-17-2-3-18(11-22(17)31-23)25-27-9-8-24(32-25)30-20-6-4-16(5-7-20)19-12-28-29-13-19/h2-13,21,31,33H,14-15H2,1H3,(H,28,29)(H,27,30,32). The highest BCUT2D eigenvalue weighted by atomic mass is 32.2. The number of benzene rings is 2. The summed E-state index contributed by atoms with van der Waals surface area (Å²) in [6.45, 7) is 0.679. The minimum absolute atomic E-state index is 0.171. The maximum atomic E-state index is 12.8. The van der Waals surface area contributed by atoms with Crippen molar-refractivity contribution in [1.29, 1.82) is 0 Å². The normalized spacial score (nSPS) is 14.0. The first-order valence-electron chi connectivity index (χ1n) is 11.9. The SMILES string of the molecule is CS(=O)(=O)NC1CN(C(=O)c2cc3ccc(-c4nccc(Nc5ccc(-c6cn[nH]c6)cc5)n4)cc3[nH]2)C1. The molecule has 4 N–H and O–H groups in total. The van der Waals surface area contributed by atoms with E-state index in [1.807, 2.05) is 48.7 Å². The van der Waals surface area contributed by atoms with E-state index in [2.05, 4.69) is 35.2 Å². The molecule has 38 heavy (non-hydrogen) atoms. The van der Waals surface area contributed by atoms with Gasteiger partial charge in [-0.3, -0.25) is 9.89 Å². The summed E-state index contributed by atoms with van der Waals surface area (Å²) in [6.07, 6.45) is 6.43. The van der Waals surface area contributed by atoms with Gasteiger partial charge in [-0.15, -0.1) is 0 Å². The summed E-state index contributed by atoms with van der Waals surface area (Å²) in [5.41, 5.74) is 5.01. The lowest BCUT2D eigenvalue weighted by Gasteiger charge is -2.38. The highest BCUT2D eigenvalue weighted by Gasteiger charge is 2.33. The number of aromatic amines is 2. The molecule has 1 aliphatic heterocycles. The second-order valence-electron chi connectivity index (χ2n) is 9.24. The van der Waals surface area contributed by atoms with E-state index in [0.29, 0.717) is 30.4 Å². The van der Waals surface area contributed by atoms with Crippen LogP contribution in [0.1, 0.15) is 10.5 Å². The number of likely N-dealkylation sites (tertiary alicyclic amines) is 1. The predicted octanol–water partition coefficient (Wildman–Crippen LogP) is 3.13. The smallest absolute Gasteiger partial charge is 0.270 e. The number of carbonyl (C=O) groups excluding carboxylic acids is 1. The molecule has 12 heteroatoms. The number of fused-ring (bicyclic) bond motifs is 1. The molecule has 2 aromatic carbocycles. The van der Waals surface area contributed by atoms with Gasteiger partial charge in [0.2, 0.25) is 10.0 Å². The molecule has 1 aliphatic rings. The van der Waals surface area contributed by atoms with Crippen molar-refractivity contribution in [1.82, 2.24) is 34.8 Å². The van der Waals surface area contributed by atoms with Crippen LogP contribution in [0.2, 0.25) is 0 Å². The zero-order chi connectivity index (χ0) is 26.3. The number of anilines is 2. The number of nitrogens with zero attached hydrogens (tertiary/aromatic N) is 4. The Balaban J connectivity index is 1.16. The van der Waals surface area contributed by atoms with Gasteiger partial charge < -0.3 is 15.2 Å². The van der Waals surface area contributed by atoms with Gasteiger partial charge in [-0.25, -0.2) is 23.1 Å². The minimum atomic E-state index is -3.30. The van der Waals surface area contributed by atoms with Crippen LogP contribution in [0, 0.1) is 0 Å². The number of aromatic nitrogens is 5. The van der Waals surface area contributed by atoms with E-state index in [1.165, 1.54) is 0 Å². The molecule has 0 radical (unpaired) electrons. The molecule has 0 spiro atoms. The number of sulfonamides is 1. The third-order valence-electron chi connectivity index (χ3n) is 6.31. The summed E-state index contributed by atoms with van der Waals surface area (Å²) >= 11 is 0. The van der Waals surface area contributed by atoms with Crippen molar-refractivity contribution in [2.24, 2.45) is 0 Å². The summed E-state index contributed by atoms with van der Waals surface area (Å²) in [5.74, 6) is 1.03. The first kappa shape index (κ1) is 23.8. The number of rotatable bonds is 7. The van der Waals surface area contributed by atoms with Crippen LogP contribution in [0.15, 0.2) is 73.2 Å². The molecule has 6 rings (SSSR count). The first-order chi connectivity index (χ1) is 18.3. The van der Waals surface area contributed by atoms with E-state index in [9.17, 15) is 13.2 Å². The highest BCUT2D eigenvalue weighted by Crippen LogP contribution is 2.26. The van der Waals surface area contributed by atoms with Gasteiger partial charge in [-0.1, -0.05) is 24.3 Å². The average Bonchev–Trinajstić information content (AvgIpc) is 3.56. The van der Waals surface area contributed by atoms with Crippen molar-refractivity contribution in [2.45, 2.75) is 6.04 Å². The van der Waals surface area contributed by atoms with Gasteiger partial charge in [0.1, 0.15) is 11.5 Å². The van der Waals surface area contributed by atoms with Crippen LogP contribution in [0.4, 0.5) is 11.5 Å². The Kier molecular flexibility index (Phi) is 5.89. The minimum Gasteiger partial charge on any atom is -0.351 e. The molecule has 192 valence electrons. The van der Waals surface area contributed by atoms with Gasteiger partial charge in [0.25, 0.3) is 5.91 Å². The lowest BCUT2D eigenvalue weighted by molar-refractivity contribution is 0.0587. The lowest BCUT2D eigenvalue weighted by Crippen LogP contribution is -2.60. The summed E-state index contributed by atoms with van der Waals surface area (Å²) in [6, 6.07) is 17.1. The first-order valence-corrected chi connectivity index (χ1v) is 13.8. The molecule has 0 aliphatic carbocycles. The quantitative estimate of drug-likeness (QED) is 0.254. The van der Waals surface area contributed by atoms with Gasteiger partial charge >= 0.3 is 0 Å². The molecule has 0 saturated carbocycles. The average molecular weight is 529 g/mol. The van der Waals surface area contributed by atoms with Crippen LogP contribution >= 0.6 is 0 Å². The van der Waals surface area contributed by atoms with Crippen LogP contribution in [-0.4, -0.2) is 69.8 Å². The number of hydrogen-bond acceptors (Lipinski definition) is 7. The third kappa shape index (κ3) is 4.99. The van der Waals surface area contributed by atoms with Crippen LogP contribution < -0.4 is 10.0 Å². The van der Waals surface area contributed by atoms with E-state index in [4.69, 9.17) is 0 Å². The maximum absolute atomic E-state index is 12.8. The van der Waals surface area contributed by atoms with E-state index in [1.54, 1.807) is 29.4 Å². The molecule has 1 amide bonds.